The fraction of sp³-hybridized carbons (Fsp3) is 0.526. The average Bonchev–Trinajstić information content (AvgIpc) is 3.33. The van der Waals surface area contributed by atoms with E-state index < -0.39 is 18.0 Å². The lowest BCUT2D eigenvalue weighted by atomic mass is 10.1. The molecular weight excluding hydrogens is 320 g/mol. The summed E-state index contributed by atoms with van der Waals surface area (Å²) in [6.07, 6.45) is 2.18. The molecule has 0 aromatic heterocycles. The second-order valence-corrected chi connectivity index (χ2v) is 6.79. The van der Waals surface area contributed by atoms with Crippen LogP contribution in [0.1, 0.15) is 38.7 Å². The van der Waals surface area contributed by atoms with Gasteiger partial charge in [0.25, 0.3) is 5.91 Å². The van der Waals surface area contributed by atoms with Gasteiger partial charge in [0.2, 0.25) is 5.91 Å². The van der Waals surface area contributed by atoms with Crippen LogP contribution in [0.25, 0.3) is 0 Å². The average molecular weight is 344 g/mol. The number of hydrogen-bond acceptors (Lipinski definition) is 4. The minimum absolute atomic E-state index is 0.0960. The van der Waals surface area contributed by atoms with Crippen molar-refractivity contribution in [2.45, 2.75) is 51.7 Å². The molecule has 134 valence electrons. The molecule has 1 aliphatic heterocycles. The van der Waals surface area contributed by atoms with Crippen LogP contribution in [0.15, 0.2) is 24.3 Å². The van der Waals surface area contributed by atoms with Gasteiger partial charge in [0.05, 0.1) is 5.92 Å². The number of nitrogens with zero attached hydrogens (tertiary/aromatic N) is 1. The van der Waals surface area contributed by atoms with Crippen LogP contribution in [-0.4, -0.2) is 36.5 Å². The summed E-state index contributed by atoms with van der Waals surface area (Å²) in [5, 5.41) is 2.81. The highest BCUT2D eigenvalue weighted by Gasteiger charge is 2.37. The van der Waals surface area contributed by atoms with Gasteiger partial charge in [-0.25, -0.2) is 0 Å². The predicted molar refractivity (Wildman–Crippen MR) is 93.0 cm³/mol. The zero-order valence-electron chi connectivity index (χ0n) is 14.7. The van der Waals surface area contributed by atoms with Gasteiger partial charge in [-0.2, -0.15) is 0 Å². The van der Waals surface area contributed by atoms with Crippen LogP contribution in [0.5, 0.6) is 0 Å². The maximum atomic E-state index is 12.3. The van der Waals surface area contributed by atoms with Crippen LogP contribution >= 0.6 is 0 Å². The number of ether oxygens (including phenoxy) is 1. The number of hydrogen-bond donors (Lipinski definition) is 1. The fourth-order valence-electron chi connectivity index (χ4n) is 2.90. The predicted octanol–water partition coefficient (Wildman–Crippen LogP) is 1.81. The smallest absolute Gasteiger partial charge is 0.312 e. The van der Waals surface area contributed by atoms with E-state index >= 15 is 0 Å². The van der Waals surface area contributed by atoms with Crippen molar-refractivity contribution < 1.29 is 19.1 Å². The van der Waals surface area contributed by atoms with Crippen molar-refractivity contribution in [1.82, 2.24) is 5.32 Å². The summed E-state index contributed by atoms with van der Waals surface area (Å²) in [5.41, 5.74) is 1.99. The van der Waals surface area contributed by atoms with Gasteiger partial charge in [-0.1, -0.05) is 19.1 Å². The number of anilines is 1. The van der Waals surface area contributed by atoms with Crippen molar-refractivity contribution in [3.63, 3.8) is 0 Å². The Balaban J connectivity index is 1.57. The zero-order chi connectivity index (χ0) is 18.0. The van der Waals surface area contributed by atoms with E-state index in [1.165, 1.54) is 5.56 Å². The second kappa shape index (κ2) is 7.25. The summed E-state index contributed by atoms with van der Waals surface area (Å²) in [6.45, 7) is 3.93. The van der Waals surface area contributed by atoms with E-state index in [1.807, 2.05) is 24.3 Å². The summed E-state index contributed by atoms with van der Waals surface area (Å²) >= 11 is 0. The molecule has 1 heterocycles. The molecule has 0 spiro atoms. The summed E-state index contributed by atoms with van der Waals surface area (Å²) < 4.78 is 5.26. The van der Waals surface area contributed by atoms with Gasteiger partial charge in [0, 0.05) is 24.7 Å². The highest BCUT2D eigenvalue weighted by atomic mass is 16.5. The molecule has 3 rings (SSSR count). The Bertz CT molecular complexity index is 667. The third-order valence-electron chi connectivity index (χ3n) is 4.70. The lowest BCUT2D eigenvalue weighted by Crippen LogP contribution is -2.38. The highest BCUT2D eigenvalue weighted by Crippen LogP contribution is 2.26. The number of rotatable bonds is 6. The van der Waals surface area contributed by atoms with Crippen molar-refractivity contribution in [2.24, 2.45) is 5.92 Å². The molecule has 1 aliphatic carbocycles. The monoisotopic (exact) mass is 344 g/mol. The summed E-state index contributed by atoms with van der Waals surface area (Å²) in [4.78, 5) is 38.1. The standard InChI is InChI=1S/C19H24N2O4/c1-3-13-4-8-16(9-5-13)21-11-14(10-17(21)22)19(24)25-12(2)18(23)20-15-6-7-15/h4-5,8-9,12,14-15H,3,6-7,10-11H2,1-2H3,(H,20,23)/t12-,14+/m1/s1. The van der Waals surface area contributed by atoms with E-state index in [1.54, 1.807) is 11.8 Å². The summed E-state index contributed by atoms with van der Waals surface area (Å²) in [5.74, 6) is -1.39. The SMILES string of the molecule is CCc1ccc(N2C[C@@H](C(=O)O[C@H](C)C(=O)NC3CC3)CC2=O)cc1. The van der Waals surface area contributed by atoms with E-state index in [2.05, 4.69) is 12.2 Å². The molecule has 1 N–H and O–H groups in total. The number of amides is 2. The van der Waals surface area contributed by atoms with Gasteiger partial charge >= 0.3 is 5.97 Å². The third-order valence-corrected chi connectivity index (χ3v) is 4.70. The molecule has 25 heavy (non-hydrogen) atoms. The fourth-order valence-corrected chi connectivity index (χ4v) is 2.90. The topological polar surface area (TPSA) is 75.7 Å². The van der Waals surface area contributed by atoms with E-state index in [0.717, 1.165) is 24.9 Å². The molecule has 2 aliphatic rings. The first-order valence-corrected chi connectivity index (χ1v) is 8.88. The Morgan fingerprint density at radius 3 is 2.56 bits per heavy atom. The molecule has 0 unspecified atom stereocenters. The number of aryl methyl sites for hydroxylation is 1. The van der Waals surface area contributed by atoms with Crippen molar-refractivity contribution in [2.75, 3.05) is 11.4 Å². The van der Waals surface area contributed by atoms with Crippen molar-refractivity contribution in [3.05, 3.63) is 29.8 Å². The second-order valence-electron chi connectivity index (χ2n) is 6.79. The van der Waals surface area contributed by atoms with Crippen LogP contribution in [0.2, 0.25) is 0 Å². The number of benzene rings is 1. The maximum absolute atomic E-state index is 12.3. The molecule has 6 nitrogen and oxygen atoms in total. The Morgan fingerprint density at radius 2 is 1.96 bits per heavy atom. The molecule has 1 saturated carbocycles. The Hall–Kier alpha value is -2.37. The van der Waals surface area contributed by atoms with Crippen molar-refractivity contribution >= 4 is 23.5 Å². The van der Waals surface area contributed by atoms with Crippen LogP contribution < -0.4 is 10.2 Å². The van der Waals surface area contributed by atoms with Gasteiger partial charge in [0.15, 0.2) is 6.10 Å². The number of esters is 1. The maximum Gasteiger partial charge on any atom is 0.312 e. The first-order valence-electron chi connectivity index (χ1n) is 8.88. The lowest BCUT2D eigenvalue weighted by Gasteiger charge is -2.18. The number of carbonyl (C=O) groups is 3. The van der Waals surface area contributed by atoms with Gasteiger partial charge in [-0.3, -0.25) is 14.4 Å². The van der Waals surface area contributed by atoms with Crippen molar-refractivity contribution in [3.8, 4) is 0 Å². The number of carbonyl (C=O) groups excluding carboxylic acids is 3. The lowest BCUT2D eigenvalue weighted by molar-refractivity contribution is -0.158. The van der Waals surface area contributed by atoms with Crippen molar-refractivity contribution in [1.29, 1.82) is 0 Å². The Kier molecular flexibility index (Phi) is 5.06. The Morgan fingerprint density at radius 1 is 1.28 bits per heavy atom. The van der Waals surface area contributed by atoms with E-state index in [9.17, 15) is 14.4 Å². The molecule has 0 radical (unpaired) electrons. The molecule has 1 aromatic rings. The van der Waals surface area contributed by atoms with Gasteiger partial charge < -0.3 is 15.0 Å². The van der Waals surface area contributed by atoms with Gasteiger partial charge in [0.1, 0.15) is 0 Å². The summed E-state index contributed by atoms with van der Waals surface area (Å²) in [7, 11) is 0. The molecule has 6 heteroatoms. The normalized spacial score (nSPS) is 21.1. The van der Waals surface area contributed by atoms with Crippen LogP contribution in [0, 0.1) is 5.92 Å². The molecule has 2 fully saturated rings. The molecule has 0 bridgehead atoms. The van der Waals surface area contributed by atoms with E-state index in [4.69, 9.17) is 4.74 Å². The third kappa shape index (κ3) is 4.18. The van der Waals surface area contributed by atoms with Crippen LogP contribution in [-0.2, 0) is 25.5 Å². The van der Waals surface area contributed by atoms with Gasteiger partial charge in [-0.15, -0.1) is 0 Å². The molecular formula is C19H24N2O4. The minimum atomic E-state index is -0.832. The van der Waals surface area contributed by atoms with Crippen LogP contribution in [0.4, 0.5) is 5.69 Å². The molecule has 2 amide bonds. The van der Waals surface area contributed by atoms with E-state index in [0.29, 0.717) is 6.54 Å². The molecule has 1 aromatic carbocycles. The quantitative estimate of drug-likeness (QED) is 0.799. The molecule has 1 saturated heterocycles. The largest absolute Gasteiger partial charge is 0.452 e. The first kappa shape index (κ1) is 17.5. The van der Waals surface area contributed by atoms with Gasteiger partial charge in [-0.05, 0) is 43.9 Å². The number of nitrogens with one attached hydrogen (secondary N) is 1. The van der Waals surface area contributed by atoms with E-state index in [-0.39, 0.29) is 24.3 Å². The summed E-state index contributed by atoms with van der Waals surface area (Å²) in [6, 6.07) is 7.99. The zero-order valence-corrected chi connectivity index (χ0v) is 14.7. The highest BCUT2D eigenvalue weighted by molar-refractivity contribution is 5.99. The van der Waals surface area contributed by atoms with Crippen LogP contribution in [0.3, 0.4) is 0 Å². The Labute approximate surface area is 147 Å². The minimum Gasteiger partial charge on any atom is -0.452 e. The first-order chi connectivity index (χ1) is 12.0. The molecule has 2 atom stereocenters.